The van der Waals surface area contributed by atoms with Crippen LogP contribution in [0.25, 0.3) is 0 Å². The third kappa shape index (κ3) is 2.78. The minimum Gasteiger partial charge on any atom is -0.497 e. The van der Waals surface area contributed by atoms with Crippen LogP contribution in [0.4, 0.5) is 0 Å². The molecule has 3 heteroatoms. The number of methoxy groups -OCH3 is 1. The molecule has 0 saturated carbocycles. The zero-order valence-electron chi connectivity index (χ0n) is 10.9. The van der Waals surface area contributed by atoms with Gasteiger partial charge < -0.3 is 9.47 Å². The lowest BCUT2D eigenvalue weighted by atomic mass is 9.80. The van der Waals surface area contributed by atoms with Crippen LogP contribution in [0.1, 0.15) is 32.8 Å². The van der Waals surface area contributed by atoms with Gasteiger partial charge in [0.15, 0.2) is 0 Å². The van der Waals surface area contributed by atoms with Crippen molar-refractivity contribution in [3.63, 3.8) is 0 Å². The van der Waals surface area contributed by atoms with Gasteiger partial charge in [-0.05, 0) is 38.0 Å². The molecule has 1 unspecified atom stereocenters. The summed E-state index contributed by atoms with van der Waals surface area (Å²) in [6, 6.07) is 7.56. The van der Waals surface area contributed by atoms with E-state index in [-0.39, 0.29) is 5.97 Å². The zero-order valence-corrected chi connectivity index (χ0v) is 10.9. The molecule has 0 N–H and O–H groups in total. The smallest absolute Gasteiger partial charge is 0.316 e. The van der Waals surface area contributed by atoms with E-state index in [1.807, 2.05) is 45.0 Å². The van der Waals surface area contributed by atoms with Gasteiger partial charge in [-0.3, -0.25) is 4.79 Å². The number of ether oxygens (including phenoxy) is 2. The molecule has 0 fully saturated rings. The van der Waals surface area contributed by atoms with Crippen molar-refractivity contribution in [3.05, 3.63) is 29.8 Å². The number of hydrogen-bond acceptors (Lipinski definition) is 3. The van der Waals surface area contributed by atoms with Crippen LogP contribution in [0.2, 0.25) is 0 Å². The van der Waals surface area contributed by atoms with E-state index in [0.717, 1.165) is 11.3 Å². The summed E-state index contributed by atoms with van der Waals surface area (Å²) < 4.78 is 10.2. The second-order valence-corrected chi connectivity index (χ2v) is 4.13. The molecule has 94 valence electrons. The van der Waals surface area contributed by atoms with Crippen molar-refractivity contribution >= 4 is 5.97 Å². The van der Waals surface area contributed by atoms with E-state index < -0.39 is 5.41 Å². The van der Waals surface area contributed by atoms with Gasteiger partial charge in [-0.15, -0.1) is 0 Å². The third-order valence-electron chi connectivity index (χ3n) is 3.16. The Morgan fingerprint density at radius 2 is 1.82 bits per heavy atom. The fourth-order valence-electron chi connectivity index (χ4n) is 1.72. The molecule has 0 aliphatic rings. The molecular formula is C14H20O3. The number of esters is 1. The highest BCUT2D eigenvalue weighted by atomic mass is 16.5. The average molecular weight is 236 g/mol. The average Bonchev–Trinajstić information content (AvgIpc) is 2.38. The van der Waals surface area contributed by atoms with Crippen molar-refractivity contribution in [2.45, 2.75) is 32.6 Å². The third-order valence-corrected chi connectivity index (χ3v) is 3.16. The van der Waals surface area contributed by atoms with Crippen LogP contribution in [0.5, 0.6) is 5.75 Å². The van der Waals surface area contributed by atoms with E-state index in [9.17, 15) is 4.79 Å². The van der Waals surface area contributed by atoms with Gasteiger partial charge in [0, 0.05) is 0 Å². The molecule has 0 saturated heterocycles. The Bertz CT molecular complexity index is 370. The topological polar surface area (TPSA) is 35.5 Å². The molecule has 0 heterocycles. The summed E-state index contributed by atoms with van der Waals surface area (Å²) in [5.74, 6) is 0.615. The molecular weight excluding hydrogens is 216 g/mol. The second kappa shape index (κ2) is 5.71. The first-order valence-electron chi connectivity index (χ1n) is 5.90. The molecule has 3 nitrogen and oxygen atoms in total. The maximum Gasteiger partial charge on any atom is 0.316 e. The van der Waals surface area contributed by atoms with Gasteiger partial charge >= 0.3 is 5.97 Å². The number of rotatable bonds is 5. The Hall–Kier alpha value is -1.51. The summed E-state index contributed by atoms with van der Waals surface area (Å²) in [5.41, 5.74) is 0.377. The molecule has 1 rings (SSSR count). The molecule has 1 aromatic carbocycles. The lowest BCUT2D eigenvalue weighted by molar-refractivity contribution is -0.149. The molecule has 0 aliphatic carbocycles. The Morgan fingerprint density at radius 1 is 1.24 bits per heavy atom. The zero-order chi connectivity index (χ0) is 12.9. The van der Waals surface area contributed by atoms with Crippen molar-refractivity contribution in [2.75, 3.05) is 13.7 Å². The molecule has 1 aromatic rings. The van der Waals surface area contributed by atoms with Crippen LogP contribution >= 0.6 is 0 Å². The van der Waals surface area contributed by atoms with Crippen LogP contribution in [0, 0.1) is 0 Å². The first kappa shape index (κ1) is 13.6. The Balaban J connectivity index is 3.02. The predicted molar refractivity (Wildman–Crippen MR) is 67.3 cm³/mol. The fraction of sp³-hybridized carbons (Fsp3) is 0.500. The van der Waals surface area contributed by atoms with Crippen molar-refractivity contribution in [1.29, 1.82) is 0 Å². The van der Waals surface area contributed by atoms with Crippen molar-refractivity contribution in [1.82, 2.24) is 0 Å². The summed E-state index contributed by atoms with van der Waals surface area (Å²) in [6.07, 6.45) is 0.707. The van der Waals surface area contributed by atoms with Gasteiger partial charge in [-0.2, -0.15) is 0 Å². The minimum absolute atomic E-state index is 0.173. The molecule has 0 spiro atoms. The maximum absolute atomic E-state index is 12.0. The highest BCUT2D eigenvalue weighted by molar-refractivity contribution is 5.82. The van der Waals surface area contributed by atoms with Crippen LogP contribution < -0.4 is 4.74 Å². The first-order valence-corrected chi connectivity index (χ1v) is 5.90. The van der Waals surface area contributed by atoms with Crippen molar-refractivity contribution < 1.29 is 14.3 Å². The van der Waals surface area contributed by atoms with E-state index >= 15 is 0 Å². The van der Waals surface area contributed by atoms with Crippen LogP contribution in [-0.4, -0.2) is 19.7 Å². The van der Waals surface area contributed by atoms with Gasteiger partial charge in [0.05, 0.1) is 19.1 Å². The quantitative estimate of drug-likeness (QED) is 0.737. The lowest BCUT2D eigenvalue weighted by Gasteiger charge is -2.26. The molecule has 0 amide bonds. The Morgan fingerprint density at radius 3 is 2.24 bits per heavy atom. The highest BCUT2D eigenvalue weighted by Gasteiger charge is 2.34. The van der Waals surface area contributed by atoms with E-state index in [2.05, 4.69) is 0 Å². The van der Waals surface area contributed by atoms with Crippen LogP contribution in [0.3, 0.4) is 0 Å². The standard InChI is InChI=1S/C14H20O3/c1-5-14(3,13(15)17-6-2)11-7-9-12(16-4)10-8-11/h7-10H,5-6H2,1-4H3. The van der Waals surface area contributed by atoms with Gasteiger partial charge in [0.2, 0.25) is 0 Å². The van der Waals surface area contributed by atoms with Crippen molar-refractivity contribution in [2.24, 2.45) is 0 Å². The fourth-order valence-corrected chi connectivity index (χ4v) is 1.72. The number of hydrogen-bond donors (Lipinski definition) is 0. The van der Waals surface area contributed by atoms with Crippen LogP contribution in [0.15, 0.2) is 24.3 Å². The Labute approximate surface area is 103 Å². The molecule has 0 aliphatic heterocycles. The second-order valence-electron chi connectivity index (χ2n) is 4.13. The summed E-state index contributed by atoms with van der Waals surface area (Å²) in [6.45, 7) is 6.13. The van der Waals surface area contributed by atoms with Gasteiger partial charge in [0.25, 0.3) is 0 Å². The molecule has 0 radical (unpaired) electrons. The van der Waals surface area contributed by atoms with E-state index in [1.165, 1.54) is 0 Å². The molecule has 0 aromatic heterocycles. The molecule has 1 atom stereocenters. The van der Waals surface area contributed by atoms with Crippen molar-refractivity contribution in [3.8, 4) is 5.75 Å². The van der Waals surface area contributed by atoms with E-state index in [1.54, 1.807) is 7.11 Å². The maximum atomic E-state index is 12.0. The molecule has 17 heavy (non-hydrogen) atoms. The number of carbonyl (C=O) groups excluding carboxylic acids is 1. The largest absolute Gasteiger partial charge is 0.497 e. The SMILES string of the molecule is CCOC(=O)C(C)(CC)c1ccc(OC)cc1. The number of carbonyl (C=O) groups is 1. The van der Waals surface area contributed by atoms with Crippen LogP contribution in [-0.2, 0) is 14.9 Å². The highest BCUT2D eigenvalue weighted by Crippen LogP contribution is 2.30. The van der Waals surface area contributed by atoms with Gasteiger partial charge in [-0.25, -0.2) is 0 Å². The Kier molecular flexibility index (Phi) is 4.55. The van der Waals surface area contributed by atoms with Gasteiger partial charge in [-0.1, -0.05) is 19.1 Å². The van der Waals surface area contributed by atoms with Gasteiger partial charge in [0.1, 0.15) is 5.75 Å². The number of benzene rings is 1. The predicted octanol–water partition coefficient (Wildman–Crippen LogP) is 2.93. The first-order chi connectivity index (χ1) is 8.08. The normalized spacial score (nSPS) is 13.9. The summed E-state index contributed by atoms with van der Waals surface area (Å²) >= 11 is 0. The summed E-state index contributed by atoms with van der Waals surface area (Å²) in [4.78, 5) is 12.0. The van der Waals surface area contributed by atoms with E-state index in [0.29, 0.717) is 13.0 Å². The minimum atomic E-state index is -0.581. The monoisotopic (exact) mass is 236 g/mol. The van der Waals surface area contributed by atoms with E-state index in [4.69, 9.17) is 9.47 Å². The lowest BCUT2D eigenvalue weighted by Crippen LogP contribution is -2.33. The molecule has 0 bridgehead atoms. The summed E-state index contributed by atoms with van der Waals surface area (Å²) in [7, 11) is 1.62. The summed E-state index contributed by atoms with van der Waals surface area (Å²) in [5, 5.41) is 0.